The highest BCUT2D eigenvalue weighted by molar-refractivity contribution is 5.85. The van der Waals surface area contributed by atoms with E-state index in [-0.39, 0.29) is 5.70 Å². The Bertz CT molecular complexity index is 748. The Labute approximate surface area is 154 Å². The molecule has 1 aliphatic rings. The minimum Gasteiger partial charge on any atom is -0.358 e. The lowest BCUT2D eigenvalue weighted by molar-refractivity contribution is 0.182. The summed E-state index contributed by atoms with van der Waals surface area (Å²) in [5.41, 5.74) is 5.10. The van der Waals surface area contributed by atoms with Gasteiger partial charge < -0.3 is 15.6 Å². The van der Waals surface area contributed by atoms with Crippen molar-refractivity contribution in [3.8, 4) is 0 Å². The summed E-state index contributed by atoms with van der Waals surface area (Å²) in [5, 5.41) is 10.6. The van der Waals surface area contributed by atoms with Gasteiger partial charge in [-0.2, -0.15) is 0 Å². The van der Waals surface area contributed by atoms with Crippen LogP contribution in [0.25, 0.3) is 0 Å². The predicted octanol–water partition coefficient (Wildman–Crippen LogP) is 5.33. The molecule has 0 aliphatic carbocycles. The summed E-state index contributed by atoms with van der Waals surface area (Å²) in [7, 11) is 0. The third kappa shape index (κ3) is 4.40. The first kappa shape index (κ1) is 19.9. The molecule has 0 fully saturated rings. The van der Waals surface area contributed by atoms with Crippen molar-refractivity contribution in [3.05, 3.63) is 64.6 Å². The van der Waals surface area contributed by atoms with Crippen molar-refractivity contribution >= 4 is 11.9 Å². The Morgan fingerprint density at radius 2 is 2.15 bits per heavy atom. The minimum atomic E-state index is -2.58. The van der Waals surface area contributed by atoms with Crippen LogP contribution >= 0.6 is 0 Å². The summed E-state index contributed by atoms with van der Waals surface area (Å²) in [6, 6.07) is 6.30. The fourth-order valence-corrected chi connectivity index (χ4v) is 3.26. The topological polar surface area (TPSA) is 39.1 Å². The zero-order chi connectivity index (χ0) is 19.3. The van der Waals surface area contributed by atoms with E-state index in [1.165, 1.54) is 23.4 Å². The molecule has 1 heterocycles. The van der Waals surface area contributed by atoms with Gasteiger partial charge in [-0.05, 0) is 44.7 Å². The van der Waals surface area contributed by atoms with Gasteiger partial charge in [-0.15, -0.1) is 0 Å². The number of aryl methyl sites for hydroxylation is 2. The molecule has 0 saturated heterocycles. The molecule has 1 aromatic rings. The monoisotopic (exact) mass is 359 g/mol. The van der Waals surface area contributed by atoms with Gasteiger partial charge in [0.05, 0.1) is 5.70 Å². The summed E-state index contributed by atoms with van der Waals surface area (Å²) in [6.45, 7) is 10.5. The second kappa shape index (κ2) is 8.79. The van der Waals surface area contributed by atoms with Crippen LogP contribution in [0.4, 0.5) is 14.5 Å². The van der Waals surface area contributed by atoms with Crippen molar-refractivity contribution < 1.29 is 8.78 Å². The number of allylic oxidation sites excluding steroid dienone is 4. The number of rotatable bonds is 7. The Morgan fingerprint density at radius 1 is 1.42 bits per heavy atom. The Kier molecular flexibility index (Phi) is 6.72. The van der Waals surface area contributed by atoms with Crippen LogP contribution in [0.5, 0.6) is 0 Å². The molecule has 0 atom stereocenters. The fraction of sp³-hybridized carbons (Fsp3) is 0.381. The first-order chi connectivity index (χ1) is 12.4. The summed E-state index contributed by atoms with van der Waals surface area (Å²) >= 11 is 0. The number of halogens is 2. The van der Waals surface area contributed by atoms with Gasteiger partial charge in [0, 0.05) is 35.4 Å². The van der Waals surface area contributed by atoms with E-state index in [0.29, 0.717) is 23.4 Å². The van der Waals surface area contributed by atoms with Crippen molar-refractivity contribution in [1.29, 1.82) is 5.41 Å². The molecular formula is C21H27F2N3. The van der Waals surface area contributed by atoms with Gasteiger partial charge in [0.15, 0.2) is 0 Å². The number of alkyl halides is 2. The average Bonchev–Trinajstić information content (AvgIpc) is 2.60. The van der Waals surface area contributed by atoms with Crippen molar-refractivity contribution in [2.75, 3.05) is 11.4 Å². The highest BCUT2D eigenvalue weighted by Crippen LogP contribution is 2.32. The van der Waals surface area contributed by atoms with Crippen LogP contribution in [-0.4, -0.2) is 19.2 Å². The summed E-state index contributed by atoms with van der Waals surface area (Å²) in [6.07, 6.45) is 2.59. The molecule has 140 valence electrons. The Morgan fingerprint density at radius 3 is 2.77 bits per heavy atom. The molecule has 0 bridgehead atoms. The molecule has 0 unspecified atom stereocenters. The smallest absolute Gasteiger partial charge is 0.277 e. The van der Waals surface area contributed by atoms with Crippen LogP contribution in [0.15, 0.2) is 53.5 Å². The van der Waals surface area contributed by atoms with Crippen molar-refractivity contribution in [1.82, 2.24) is 5.32 Å². The van der Waals surface area contributed by atoms with E-state index in [1.807, 2.05) is 6.92 Å². The second-order valence-electron chi connectivity index (χ2n) is 6.51. The van der Waals surface area contributed by atoms with Crippen molar-refractivity contribution in [2.45, 2.75) is 46.5 Å². The average molecular weight is 359 g/mol. The highest BCUT2D eigenvalue weighted by Gasteiger charge is 2.22. The van der Waals surface area contributed by atoms with E-state index >= 15 is 0 Å². The number of nitrogens with one attached hydrogen (secondary N) is 2. The number of hydrogen-bond donors (Lipinski definition) is 2. The van der Waals surface area contributed by atoms with Crippen LogP contribution in [0.1, 0.15) is 37.8 Å². The van der Waals surface area contributed by atoms with Gasteiger partial charge in [-0.25, -0.2) is 8.78 Å². The lowest BCUT2D eigenvalue weighted by Gasteiger charge is -2.34. The number of benzene rings is 1. The maximum atomic E-state index is 13.2. The van der Waals surface area contributed by atoms with Crippen molar-refractivity contribution in [3.63, 3.8) is 0 Å². The van der Waals surface area contributed by atoms with E-state index in [2.05, 4.69) is 41.9 Å². The standard InChI is InChI=1S/C21H27F2N3/c1-5-7-19(21(22)23)25-15(3)18(13-24)16(4)26-11-6-8-17-12-14(2)9-10-20(17)26/h7,9-10,12-13,21,24-25H,4-6,8,11H2,1-3H3/b18-15+,19-7-,24-13?. The van der Waals surface area contributed by atoms with Gasteiger partial charge in [-0.3, -0.25) is 0 Å². The van der Waals surface area contributed by atoms with E-state index < -0.39 is 6.43 Å². The Hall–Kier alpha value is -2.43. The molecule has 0 amide bonds. The largest absolute Gasteiger partial charge is 0.358 e. The first-order valence-electron chi connectivity index (χ1n) is 8.92. The minimum absolute atomic E-state index is 0.133. The molecule has 0 radical (unpaired) electrons. The maximum Gasteiger partial charge on any atom is 0.277 e. The van der Waals surface area contributed by atoms with Gasteiger partial charge >= 0.3 is 0 Å². The van der Waals surface area contributed by atoms with Crippen LogP contribution < -0.4 is 10.2 Å². The third-order valence-electron chi connectivity index (χ3n) is 4.53. The highest BCUT2D eigenvalue weighted by atomic mass is 19.3. The number of nitrogens with zero attached hydrogens (tertiary/aromatic N) is 1. The molecule has 1 aliphatic heterocycles. The van der Waals surface area contributed by atoms with Crippen LogP contribution in [-0.2, 0) is 6.42 Å². The van der Waals surface area contributed by atoms with Gasteiger partial charge in [0.2, 0.25) is 0 Å². The third-order valence-corrected chi connectivity index (χ3v) is 4.53. The Balaban J connectivity index is 2.35. The predicted molar refractivity (Wildman–Crippen MR) is 105 cm³/mol. The molecule has 0 aromatic heterocycles. The lowest BCUT2D eigenvalue weighted by Crippen LogP contribution is -2.30. The molecule has 2 rings (SSSR count). The van der Waals surface area contributed by atoms with Crippen LogP contribution in [0, 0.1) is 12.3 Å². The first-order valence-corrected chi connectivity index (χ1v) is 8.92. The normalized spacial score (nSPS) is 15.5. The molecule has 1 aromatic carbocycles. The fourth-order valence-electron chi connectivity index (χ4n) is 3.26. The molecule has 26 heavy (non-hydrogen) atoms. The van der Waals surface area contributed by atoms with Gasteiger partial charge in [-0.1, -0.05) is 37.3 Å². The lowest BCUT2D eigenvalue weighted by atomic mass is 9.98. The zero-order valence-electron chi connectivity index (χ0n) is 15.7. The van der Waals surface area contributed by atoms with Crippen LogP contribution in [0.2, 0.25) is 0 Å². The molecule has 0 spiro atoms. The van der Waals surface area contributed by atoms with E-state index in [4.69, 9.17) is 5.41 Å². The summed E-state index contributed by atoms with van der Waals surface area (Å²) in [4.78, 5) is 2.08. The maximum absolute atomic E-state index is 13.2. The summed E-state index contributed by atoms with van der Waals surface area (Å²) in [5.74, 6) is 0. The summed E-state index contributed by atoms with van der Waals surface area (Å²) < 4.78 is 26.3. The van der Waals surface area contributed by atoms with E-state index in [9.17, 15) is 8.78 Å². The van der Waals surface area contributed by atoms with Crippen molar-refractivity contribution in [2.24, 2.45) is 0 Å². The SMILES string of the molecule is C=C(/C(C=N)=C(\C)N/C(=C\CC)C(F)F)N1CCCc2cc(C)ccc21. The van der Waals surface area contributed by atoms with Crippen LogP contribution in [0.3, 0.4) is 0 Å². The molecule has 5 heteroatoms. The number of anilines is 1. The van der Waals surface area contributed by atoms with Gasteiger partial charge in [0.1, 0.15) is 0 Å². The second-order valence-corrected chi connectivity index (χ2v) is 6.51. The molecule has 2 N–H and O–H groups in total. The molecule has 3 nitrogen and oxygen atoms in total. The number of hydrogen-bond acceptors (Lipinski definition) is 3. The molecular weight excluding hydrogens is 332 g/mol. The number of fused-ring (bicyclic) bond motifs is 1. The van der Waals surface area contributed by atoms with E-state index in [0.717, 1.165) is 25.1 Å². The van der Waals surface area contributed by atoms with Gasteiger partial charge in [0.25, 0.3) is 6.43 Å². The zero-order valence-corrected chi connectivity index (χ0v) is 15.7. The molecule has 0 saturated carbocycles. The van der Waals surface area contributed by atoms with E-state index in [1.54, 1.807) is 6.92 Å². The quantitative estimate of drug-likeness (QED) is 0.510.